The highest BCUT2D eigenvalue weighted by atomic mass is 14.9. The van der Waals surface area contributed by atoms with Gasteiger partial charge in [-0.1, -0.05) is 13.3 Å². The van der Waals surface area contributed by atoms with Gasteiger partial charge in [0.1, 0.15) is 0 Å². The van der Waals surface area contributed by atoms with E-state index in [2.05, 4.69) is 18.3 Å². The monoisotopic (exact) mass is 229 g/mol. The van der Waals surface area contributed by atoms with Crippen molar-refractivity contribution in [3.05, 3.63) is 23.8 Å². The zero-order valence-electron chi connectivity index (χ0n) is 10.2. The molecule has 0 radical (unpaired) electrons. The minimum absolute atomic E-state index is 0.613. The molecule has 1 fully saturated rings. The maximum absolute atomic E-state index is 8.76. The molecule has 1 saturated carbocycles. The number of nitrogen functional groups attached to an aromatic ring is 1. The van der Waals surface area contributed by atoms with Crippen LogP contribution in [0.1, 0.15) is 31.7 Å². The number of nitrogens with one attached hydrogen (secondary N) is 1. The van der Waals surface area contributed by atoms with E-state index in [0.717, 1.165) is 24.1 Å². The second-order valence-electron chi connectivity index (χ2n) is 5.08. The minimum atomic E-state index is 0.613. The molecule has 0 amide bonds. The first kappa shape index (κ1) is 11.8. The highest BCUT2D eigenvalue weighted by Crippen LogP contribution is 2.31. The Morgan fingerprint density at radius 3 is 2.88 bits per heavy atom. The lowest BCUT2D eigenvalue weighted by Gasteiger charge is -2.14. The Balaban J connectivity index is 1.93. The maximum atomic E-state index is 8.76. The molecular weight excluding hydrogens is 210 g/mol. The van der Waals surface area contributed by atoms with Crippen molar-refractivity contribution >= 4 is 11.4 Å². The van der Waals surface area contributed by atoms with Gasteiger partial charge in [-0.3, -0.25) is 0 Å². The van der Waals surface area contributed by atoms with Crippen molar-refractivity contribution < 1.29 is 0 Å². The van der Waals surface area contributed by atoms with Crippen LogP contribution < -0.4 is 11.1 Å². The Hall–Kier alpha value is -1.69. The van der Waals surface area contributed by atoms with Gasteiger partial charge in [-0.15, -0.1) is 0 Å². The molecule has 3 heteroatoms. The van der Waals surface area contributed by atoms with E-state index in [4.69, 9.17) is 11.0 Å². The fraction of sp³-hybridized carbons (Fsp3) is 0.500. The van der Waals surface area contributed by atoms with Crippen molar-refractivity contribution in [3.8, 4) is 6.07 Å². The molecule has 0 spiro atoms. The van der Waals surface area contributed by atoms with E-state index in [1.54, 1.807) is 12.1 Å². The smallest absolute Gasteiger partial charge is 0.0992 e. The van der Waals surface area contributed by atoms with Crippen LogP contribution in [0.15, 0.2) is 18.2 Å². The van der Waals surface area contributed by atoms with Gasteiger partial charge < -0.3 is 11.1 Å². The summed E-state index contributed by atoms with van der Waals surface area (Å²) in [6.45, 7) is 3.30. The number of nitrogens with zero attached hydrogens (tertiary/aromatic N) is 1. The first-order valence-corrected chi connectivity index (χ1v) is 6.22. The van der Waals surface area contributed by atoms with Crippen LogP contribution in [-0.2, 0) is 0 Å². The molecule has 0 saturated heterocycles. The number of benzene rings is 1. The molecule has 2 unspecified atom stereocenters. The van der Waals surface area contributed by atoms with Gasteiger partial charge in [0, 0.05) is 6.54 Å². The first-order chi connectivity index (χ1) is 8.19. The largest absolute Gasteiger partial charge is 0.397 e. The van der Waals surface area contributed by atoms with E-state index < -0.39 is 0 Å². The quantitative estimate of drug-likeness (QED) is 0.783. The van der Waals surface area contributed by atoms with E-state index in [1.165, 1.54) is 19.3 Å². The molecule has 1 aliphatic rings. The van der Waals surface area contributed by atoms with Crippen molar-refractivity contribution in [2.24, 2.45) is 11.8 Å². The van der Waals surface area contributed by atoms with Gasteiger partial charge in [0.05, 0.1) is 23.0 Å². The van der Waals surface area contributed by atoms with Crippen LogP contribution >= 0.6 is 0 Å². The Labute approximate surface area is 103 Å². The third-order valence-corrected chi connectivity index (χ3v) is 3.57. The number of rotatable bonds is 3. The molecular formula is C14H19N3. The van der Waals surface area contributed by atoms with Crippen LogP contribution in [0.4, 0.5) is 11.4 Å². The molecule has 0 aromatic heterocycles. The summed E-state index contributed by atoms with van der Waals surface area (Å²) >= 11 is 0. The predicted octanol–water partition coefficient (Wildman–Crippen LogP) is 2.99. The average molecular weight is 229 g/mol. The topological polar surface area (TPSA) is 61.8 Å². The number of nitriles is 1. The third-order valence-electron chi connectivity index (χ3n) is 3.57. The lowest BCUT2D eigenvalue weighted by Crippen LogP contribution is -2.12. The summed E-state index contributed by atoms with van der Waals surface area (Å²) in [7, 11) is 0. The molecule has 90 valence electrons. The zero-order valence-corrected chi connectivity index (χ0v) is 10.2. The zero-order chi connectivity index (χ0) is 12.3. The van der Waals surface area contributed by atoms with Crippen LogP contribution in [0.3, 0.4) is 0 Å². The van der Waals surface area contributed by atoms with Crippen LogP contribution in [-0.4, -0.2) is 6.54 Å². The highest BCUT2D eigenvalue weighted by molar-refractivity contribution is 5.68. The van der Waals surface area contributed by atoms with Crippen molar-refractivity contribution in [2.75, 3.05) is 17.6 Å². The lowest BCUT2D eigenvalue weighted by molar-refractivity contribution is 0.537. The van der Waals surface area contributed by atoms with Crippen molar-refractivity contribution in [1.29, 1.82) is 5.26 Å². The van der Waals surface area contributed by atoms with Gasteiger partial charge >= 0.3 is 0 Å². The van der Waals surface area contributed by atoms with E-state index in [1.807, 2.05) is 6.07 Å². The Morgan fingerprint density at radius 1 is 1.47 bits per heavy atom. The normalized spacial score (nSPS) is 23.3. The van der Waals surface area contributed by atoms with Gasteiger partial charge in [-0.05, 0) is 42.9 Å². The van der Waals surface area contributed by atoms with E-state index >= 15 is 0 Å². The SMILES string of the molecule is CC1CCC(CNc2ccc(C#N)cc2N)C1. The Bertz CT molecular complexity index is 434. The summed E-state index contributed by atoms with van der Waals surface area (Å²) in [6.07, 6.45) is 3.96. The van der Waals surface area contributed by atoms with Crippen LogP contribution in [0, 0.1) is 23.2 Å². The van der Waals surface area contributed by atoms with Crippen LogP contribution in [0.2, 0.25) is 0 Å². The molecule has 1 aromatic rings. The molecule has 1 aromatic carbocycles. The van der Waals surface area contributed by atoms with Gasteiger partial charge in [0.2, 0.25) is 0 Å². The molecule has 3 N–H and O–H groups in total. The molecule has 2 rings (SSSR count). The standard InChI is InChI=1S/C14H19N3/c1-10-2-3-12(6-10)9-17-14-5-4-11(8-15)7-13(14)16/h4-5,7,10,12,17H,2-3,6,9,16H2,1H3. The second kappa shape index (κ2) is 5.09. The third kappa shape index (κ3) is 2.91. The molecule has 0 bridgehead atoms. The Kier molecular flexibility index (Phi) is 3.53. The summed E-state index contributed by atoms with van der Waals surface area (Å²) in [5.74, 6) is 1.63. The molecule has 1 aliphatic carbocycles. The van der Waals surface area contributed by atoms with E-state index in [-0.39, 0.29) is 0 Å². The summed E-state index contributed by atoms with van der Waals surface area (Å²) in [5.41, 5.74) is 8.12. The van der Waals surface area contributed by atoms with Crippen LogP contribution in [0.5, 0.6) is 0 Å². The lowest BCUT2D eigenvalue weighted by atomic mass is 10.1. The number of anilines is 2. The number of nitrogens with two attached hydrogens (primary N) is 1. The highest BCUT2D eigenvalue weighted by Gasteiger charge is 2.20. The van der Waals surface area contributed by atoms with E-state index in [9.17, 15) is 0 Å². The minimum Gasteiger partial charge on any atom is -0.397 e. The summed E-state index contributed by atoms with van der Waals surface area (Å²) < 4.78 is 0. The molecule has 2 atom stereocenters. The maximum Gasteiger partial charge on any atom is 0.0992 e. The van der Waals surface area contributed by atoms with Crippen molar-refractivity contribution in [3.63, 3.8) is 0 Å². The van der Waals surface area contributed by atoms with Gasteiger partial charge in [-0.25, -0.2) is 0 Å². The molecule has 0 aliphatic heterocycles. The fourth-order valence-electron chi connectivity index (χ4n) is 2.56. The van der Waals surface area contributed by atoms with E-state index in [0.29, 0.717) is 11.3 Å². The average Bonchev–Trinajstić information content (AvgIpc) is 2.73. The summed E-state index contributed by atoms with van der Waals surface area (Å²) in [4.78, 5) is 0. The molecule has 0 heterocycles. The molecule has 3 nitrogen and oxygen atoms in total. The first-order valence-electron chi connectivity index (χ1n) is 6.22. The predicted molar refractivity (Wildman–Crippen MR) is 70.6 cm³/mol. The second-order valence-corrected chi connectivity index (χ2v) is 5.08. The van der Waals surface area contributed by atoms with Gasteiger partial charge in [0.15, 0.2) is 0 Å². The fourth-order valence-corrected chi connectivity index (χ4v) is 2.56. The Morgan fingerprint density at radius 2 is 2.29 bits per heavy atom. The summed E-state index contributed by atoms with van der Waals surface area (Å²) in [5, 5.41) is 12.2. The van der Waals surface area contributed by atoms with Crippen molar-refractivity contribution in [2.45, 2.75) is 26.2 Å². The molecule has 17 heavy (non-hydrogen) atoms. The van der Waals surface area contributed by atoms with Gasteiger partial charge in [0.25, 0.3) is 0 Å². The number of hydrogen-bond acceptors (Lipinski definition) is 3. The van der Waals surface area contributed by atoms with Gasteiger partial charge in [-0.2, -0.15) is 5.26 Å². The van der Waals surface area contributed by atoms with Crippen LogP contribution in [0.25, 0.3) is 0 Å². The summed E-state index contributed by atoms with van der Waals surface area (Å²) in [6, 6.07) is 7.51. The number of hydrogen-bond donors (Lipinski definition) is 2. The van der Waals surface area contributed by atoms with Crippen molar-refractivity contribution in [1.82, 2.24) is 0 Å².